The molecular weight excluding hydrogens is 318 g/mol. The molecule has 0 aromatic carbocycles. The summed E-state index contributed by atoms with van der Waals surface area (Å²) in [7, 11) is 0. The van der Waals surface area contributed by atoms with E-state index in [0.717, 1.165) is 12.8 Å². The predicted molar refractivity (Wildman–Crippen MR) is 87.6 cm³/mol. The zero-order valence-electron chi connectivity index (χ0n) is 12.7. The Morgan fingerprint density at radius 2 is 2.09 bits per heavy atom. The molecule has 0 atom stereocenters. The third-order valence-corrected chi connectivity index (χ3v) is 4.24. The van der Waals surface area contributed by atoms with Crippen molar-refractivity contribution in [3.8, 4) is 0 Å². The summed E-state index contributed by atoms with van der Waals surface area (Å²) in [4.78, 5) is 39.1. The highest BCUT2D eigenvalue weighted by molar-refractivity contribution is 7.16. The summed E-state index contributed by atoms with van der Waals surface area (Å²) >= 11 is 1.41. The number of hydrogen-bond acceptors (Lipinski definition) is 5. The van der Waals surface area contributed by atoms with E-state index in [1.807, 2.05) is 5.38 Å². The molecule has 0 fully saturated rings. The number of rotatable bonds is 9. The maximum Gasteiger partial charge on any atom is 0.303 e. The zero-order chi connectivity index (χ0) is 16.7. The Kier molecular flexibility index (Phi) is 6.28. The van der Waals surface area contributed by atoms with Gasteiger partial charge in [-0.3, -0.25) is 19.0 Å². The molecule has 0 aliphatic rings. The van der Waals surface area contributed by atoms with Crippen LogP contribution in [0, 0.1) is 0 Å². The molecule has 0 saturated carbocycles. The number of carbonyl (C=O) groups excluding carboxylic acids is 1. The average molecular weight is 337 g/mol. The maximum atomic E-state index is 12.1. The third kappa shape index (κ3) is 5.17. The predicted octanol–water partition coefficient (Wildman–Crippen LogP) is 1.61. The van der Waals surface area contributed by atoms with Crippen LogP contribution in [0.3, 0.4) is 0 Å². The standard InChI is InChI=1S/C15H19N3O4S/c19-12(16-7-3-1-2-4-13(20)21)5-8-18-10-17-14-11(15(18)22)6-9-23-14/h6,9-10H,1-5,7-8H2,(H,16,19)(H,20,21). The van der Waals surface area contributed by atoms with Crippen LogP contribution >= 0.6 is 11.3 Å². The molecule has 1 amide bonds. The lowest BCUT2D eigenvalue weighted by Gasteiger charge is -2.07. The van der Waals surface area contributed by atoms with Gasteiger partial charge in [0, 0.05) is 25.9 Å². The first-order chi connectivity index (χ1) is 11.1. The molecule has 0 radical (unpaired) electrons. The molecule has 23 heavy (non-hydrogen) atoms. The maximum absolute atomic E-state index is 12.1. The minimum atomic E-state index is -0.796. The van der Waals surface area contributed by atoms with Crippen LogP contribution < -0.4 is 10.9 Å². The summed E-state index contributed by atoms with van der Waals surface area (Å²) in [6.07, 6.45) is 3.99. The summed E-state index contributed by atoms with van der Waals surface area (Å²) in [6, 6.07) is 1.74. The zero-order valence-corrected chi connectivity index (χ0v) is 13.5. The second-order valence-corrected chi connectivity index (χ2v) is 6.08. The van der Waals surface area contributed by atoms with Gasteiger partial charge in [0.2, 0.25) is 5.91 Å². The van der Waals surface area contributed by atoms with Gasteiger partial charge in [-0.2, -0.15) is 0 Å². The van der Waals surface area contributed by atoms with Crippen LogP contribution in [0.1, 0.15) is 32.1 Å². The minimum absolute atomic E-state index is 0.124. The molecule has 0 aliphatic heterocycles. The fraction of sp³-hybridized carbons (Fsp3) is 0.467. The van der Waals surface area contributed by atoms with Gasteiger partial charge >= 0.3 is 5.97 Å². The molecule has 0 aliphatic carbocycles. The lowest BCUT2D eigenvalue weighted by Crippen LogP contribution is -2.28. The van der Waals surface area contributed by atoms with E-state index in [4.69, 9.17) is 5.11 Å². The number of aromatic nitrogens is 2. The first-order valence-corrected chi connectivity index (χ1v) is 8.37. The van der Waals surface area contributed by atoms with Crippen LogP contribution in [0.15, 0.2) is 22.6 Å². The van der Waals surface area contributed by atoms with E-state index >= 15 is 0 Å². The molecule has 2 N–H and O–H groups in total. The van der Waals surface area contributed by atoms with Crippen molar-refractivity contribution in [2.45, 2.75) is 38.6 Å². The number of fused-ring (bicyclic) bond motifs is 1. The minimum Gasteiger partial charge on any atom is -0.481 e. The smallest absolute Gasteiger partial charge is 0.303 e. The molecule has 7 nitrogen and oxygen atoms in total. The van der Waals surface area contributed by atoms with E-state index in [0.29, 0.717) is 29.7 Å². The first-order valence-electron chi connectivity index (χ1n) is 7.49. The Morgan fingerprint density at radius 1 is 1.26 bits per heavy atom. The van der Waals surface area contributed by atoms with Crippen molar-refractivity contribution in [2.24, 2.45) is 0 Å². The fourth-order valence-corrected chi connectivity index (χ4v) is 2.89. The highest BCUT2D eigenvalue weighted by Gasteiger charge is 2.07. The van der Waals surface area contributed by atoms with E-state index < -0.39 is 5.97 Å². The molecule has 2 heterocycles. The Bertz CT molecular complexity index is 738. The highest BCUT2D eigenvalue weighted by atomic mass is 32.1. The number of carboxylic acids is 1. The van der Waals surface area contributed by atoms with Crippen molar-refractivity contribution in [1.29, 1.82) is 0 Å². The summed E-state index contributed by atoms with van der Waals surface area (Å²) < 4.78 is 1.45. The summed E-state index contributed by atoms with van der Waals surface area (Å²) in [6.45, 7) is 0.817. The molecule has 2 aromatic heterocycles. The number of nitrogens with zero attached hydrogens (tertiary/aromatic N) is 2. The van der Waals surface area contributed by atoms with E-state index in [1.165, 1.54) is 22.2 Å². The van der Waals surface area contributed by atoms with Crippen molar-refractivity contribution in [1.82, 2.24) is 14.9 Å². The van der Waals surface area contributed by atoms with Crippen molar-refractivity contribution in [3.63, 3.8) is 0 Å². The number of amides is 1. The van der Waals surface area contributed by atoms with Gasteiger partial charge in [-0.15, -0.1) is 11.3 Å². The quantitative estimate of drug-likeness (QED) is 0.677. The topological polar surface area (TPSA) is 101 Å². The van der Waals surface area contributed by atoms with E-state index in [9.17, 15) is 14.4 Å². The van der Waals surface area contributed by atoms with Crippen LogP contribution in [0.5, 0.6) is 0 Å². The van der Waals surface area contributed by atoms with Gasteiger partial charge in [-0.05, 0) is 24.3 Å². The number of aryl methyl sites for hydroxylation is 1. The van der Waals surface area contributed by atoms with Gasteiger partial charge in [0.05, 0.1) is 11.7 Å². The average Bonchev–Trinajstić information content (AvgIpc) is 2.99. The number of aliphatic carboxylic acids is 1. The van der Waals surface area contributed by atoms with Crippen LogP contribution in [-0.4, -0.2) is 33.1 Å². The number of carbonyl (C=O) groups is 2. The van der Waals surface area contributed by atoms with Crippen molar-refractivity contribution in [3.05, 3.63) is 28.1 Å². The van der Waals surface area contributed by atoms with Gasteiger partial charge in [0.1, 0.15) is 4.83 Å². The molecule has 0 unspecified atom stereocenters. The summed E-state index contributed by atoms with van der Waals surface area (Å²) in [5.41, 5.74) is -0.127. The van der Waals surface area contributed by atoms with Crippen molar-refractivity contribution in [2.75, 3.05) is 6.54 Å². The largest absolute Gasteiger partial charge is 0.481 e. The Labute approximate surface area is 137 Å². The summed E-state index contributed by atoms with van der Waals surface area (Å²) in [5, 5.41) is 13.7. The van der Waals surface area contributed by atoms with E-state index in [2.05, 4.69) is 10.3 Å². The van der Waals surface area contributed by atoms with Crippen LogP contribution in [0.2, 0.25) is 0 Å². The lowest BCUT2D eigenvalue weighted by molar-refractivity contribution is -0.137. The van der Waals surface area contributed by atoms with Gasteiger partial charge in [-0.1, -0.05) is 6.42 Å². The number of thiophene rings is 1. The van der Waals surface area contributed by atoms with Gasteiger partial charge in [0.15, 0.2) is 0 Å². The third-order valence-electron chi connectivity index (χ3n) is 3.42. The van der Waals surface area contributed by atoms with Crippen molar-refractivity contribution < 1.29 is 14.7 Å². The molecule has 2 aromatic rings. The Morgan fingerprint density at radius 3 is 2.87 bits per heavy atom. The van der Waals surface area contributed by atoms with Crippen molar-refractivity contribution >= 4 is 33.4 Å². The first kappa shape index (κ1) is 17.1. The molecule has 124 valence electrons. The van der Waals surface area contributed by atoms with Crippen LogP contribution in [0.4, 0.5) is 0 Å². The molecule has 8 heteroatoms. The molecule has 0 saturated heterocycles. The molecule has 0 spiro atoms. The van der Waals surface area contributed by atoms with Crippen LogP contribution in [-0.2, 0) is 16.1 Å². The Hall–Kier alpha value is -2.22. The number of unbranched alkanes of at least 4 members (excludes halogenated alkanes) is 2. The number of hydrogen-bond donors (Lipinski definition) is 2. The normalized spacial score (nSPS) is 10.8. The van der Waals surface area contributed by atoms with Crippen LogP contribution in [0.25, 0.3) is 10.2 Å². The number of nitrogens with one attached hydrogen (secondary N) is 1. The second kappa shape index (κ2) is 8.42. The fourth-order valence-electron chi connectivity index (χ4n) is 2.17. The van der Waals surface area contributed by atoms with E-state index in [-0.39, 0.29) is 24.3 Å². The lowest BCUT2D eigenvalue weighted by atomic mass is 10.2. The molecule has 0 bridgehead atoms. The molecular formula is C15H19N3O4S. The van der Waals surface area contributed by atoms with Gasteiger partial charge < -0.3 is 10.4 Å². The SMILES string of the molecule is O=C(O)CCCCCNC(=O)CCn1cnc2sccc2c1=O. The van der Waals surface area contributed by atoms with Gasteiger partial charge in [0.25, 0.3) is 5.56 Å². The monoisotopic (exact) mass is 337 g/mol. The Balaban J connectivity index is 1.70. The second-order valence-electron chi connectivity index (χ2n) is 5.19. The van der Waals surface area contributed by atoms with E-state index in [1.54, 1.807) is 6.07 Å². The summed E-state index contributed by atoms with van der Waals surface area (Å²) in [5.74, 6) is -0.920. The highest BCUT2D eigenvalue weighted by Crippen LogP contribution is 2.13. The number of carboxylic acid groups (broad SMARTS) is 1. The van der Waals surface area contributed by atoms with Gasteiger partial charge in [-0.25, -0.2) is 4.98 Å². The molecule has 2 rings (SSSR count).